The van der Waals surface area contributed by atoms with Gasteiger partial charge in [0.25, 0.3) is 0 Å². The lowest BCUT2D eigenvalue weighted by atomic mass is 9.93. The maximum absolute atomic E-state index is 11.1. The van der Waals surface area contributed by atoms with Gasteiger partial charge in [-0.3, -0.25) is 4.79 Å². The quantitative estimate of drug-likeness (QED) is 0.803. The molecule has 1 atom stereocenters. The number of hydrogen-bond acceptors (Lipinski definition) is 2. The van der Waals surface area contributed by atoms with Gasteiger partial charge in [0.15, 0.2) is 0 Å². The average Bonchev–Trinajstić information content (AvgIpc) is 2.17. The van der Waals surface area contributed by atoms with E-state index in [0.29, 0.717) is 0 Å². The summed E-state index contributed by atoms with van der Waals surface area (Å²) in [5.41, 5.74) is -0.381. The fraction of sp³-hybridized carbons (Fsp3) is 0.333. The van der Waals surface area contributed by atoms with Gasteiger partial charge in [0.2, 0.25) is 5.91 Å². The minimum Gasteiger partial charge on any atom is -0.480 e. The minimum absolute atomic E-state index is 0.267. The molecule has 0 aliphatic heterocycles. The lowest BCUT2D eigenvalue weighted by Crippen LogP contribution is -2.53. The van der Waals surface area contributed by atoms with E-state index in [0.717, 1.165) is 5.56 Å². The number of rotatable bonds is 4. The molecule has 0 aliphatic carbocycles. The van der Waals surface area contributed by atoms with Crippen LogP contribution in [0.5, 0.6) is 0 Å². The number of carbonyl (C=O) groups is 2. The van der Waals surface area contributed by atoms with Crippen LogP contribution in [0, 0.1) is 0 Å². The van der Waals surface area contributed by atoms with E-state index in [1.165, 1.54) is 13.8 Å². The Morgan fingerprint density at radius 2 is 1.88 bits per heavy atom. The molecule has 1 unspecified atom stereocenters. The van der Waals surface area contributed by atoms with E-state index in [2.05, 4.69) is 5.32 Å². The molecule has 0 saturated carbocycles. The molecule has 1 amide bonds. The number of carboxylic acids is 1. The molecule has 4 nitrogen and oxygen atoms in total. The van der Waals surface area contributed by atoms with Crippen molar-refractivity contribution in [1.29, 1.82) is 0 Å². The van der Waals surface area contributed by atoms with Gasteiger partial charge in [-0.1, -0.05) is 30.3 Å². The van der Waals surface area contributed by atoms with Crippen LogP contribution >= 0.6 is 0 Å². The van der Waals surface area contributed by atoms with Gasteiger partial charge in [0, 0.05) is 13.3 Å². The SMILES string of the molecule is CC(=O)NC(C)(Cc1ccccc1)C(=O)O. The second kappa shape index (κ2) is 4.79. The molecule has 0 heterocycles. The number of hydrogen-bond donors (Lipinski definition) is 2. The summed E-state index contributed by atoms with van der Waals surface area (Å²) in [6, 6.07) is 9.21. The molecule has 2 N–H and O–H groups in total. The molecule has 1 aromatic rings. The molecular weight excluding hydrogens is 206 g/mol. The fourth-order valence-electron chi connectivity index (χ4n) is 1.57. The van der Waals surface area contributed by atoms with Crippen molar-refractivity contribution in [3.05, 3.63) is 35.9 Å². The normalized spacial score (nSPS) is 13.9. The molecule has 0 spiro atoms. The third-order valence-electron chi connectivity index (χ3n) is 2.32. The van der Waals surface area contributed by atoms with Gasteiger partial charge in [-0.25, -0.2) is 4.79 Å². The van der Waals surface area contributed by atoms with Crippen LogP contribution in [0.4, 0.5) is 0 Å². The first kappa shape index (κ1) is 12.2. The number of carbonyl (C=O) groups excluding carboxylic acids is 1. The Kier molecular flexibility index (Phi) is 3.66. The van der Waals surface area contributed by atoms with Crippen LogP contribution in [0.15, 0.2) is 30.3 Å². The van der Waals surface area contributed by atoms with Crippen molar-refractivity contribution in [1.82, 2.24) is 5.32 Å². The molecule has 16 heavy (non-hydrogen) atoms. The van der Waals surface area contributed by atoms with Gasteiger partial charge < -0.3 is 10.4 Å². The number of nitrogens with one attached hydrogen (secondary N) is 1. The van der Waals surface area contributed by atoms with Gasteiger partial charge in [0.05, 0.1) is 0 Å². The monoisotopic (exact) mass is 221 g/mol. The van der Waals surface area contributed by atoms with E-state index in [1.807, 2.05) is 30.3 Å². The van der Waals surface area contributed by atoms with E-state index in [9.17, 15) is 9.59 Å². The summed E-state index contributed by atoms with van der Waals surface area (Å²) in [5.74, 6) is -1.38. The first-order chi connectivity index (χ1) is 7.44. The maximum atomic E-state index is 11.1. The van der Waals surface area contributed by atoms with E-state index < -0.39 is 11.5 Å². The fourth-order valence-corrected chi connectivity index (χ4v) is 1.57. The average molecular weight is 221 g/mol. The Bertz CT molecular complexity index is 389. The number of benzene rings is 1. The zero-order valence-electron chi connectivity index (χ0n) is 9.36. The summed E-state index contributed by atoms with van der Waals surface area (Å²) in [7, 11) is 0. The van der Waals surface area contributed by atoms with Crippen LogP contribution in [-0.4, -0.2) is 22.5 Å². The zero-order chi connectivity index (χ0) is 12.2. The predicted molar refractivity (Wildman–Crippen MR) is 60.0 cm³/mol. The number of aliphatic carboxylic acids is 1. The highest BCUT2D eigenvalue weighted by Gasteiger charge is 2.33. The topological polar surface area (TPSA) is 66.4 Å². The second-order valence-corrected chi connectivity index (χ2v) is 3.98. The first-order valence-electron chi connectivity index (χ1n) is 5.00. The molecule has 1 rings (SSSR count). The smallest absolute Gasteiger partial charge is 0.329 e. The molecule has 86 valence electrons. The van der Waals surface area contributed by atoms with E-state index in [-0.39, 0.29) is 12.3 Å². The Morgan fingerprint density at radius 3 is 2.31 bits per heavy atom. The molecule has 0 bridgehead atoms. The van der Waals surface area contributed by atoms with Crippen molar-refractivity contribution < 1.29 is 14.7 Å². The highest BCUT2D eigenvalue weighted by atomic mass is 16.4. The van der Waals surface area contributed by atoms with E-state index in [1.54, 1.807) is 0 Å². The van der Waals surface area contributed by atoms with Crippen molar-refractivity contribution in [2.45, 2.75) is 25.8 Å². The molecule has 0 aromatic heterocycles. The third-order valence-corrected chi connectivity index (χ3v) is 2.32. The Hall–Kier alpha value is -1.84. The first-order valence-corrected chi connectivity index (χ1v) is 5.00. The molecular formula is C12H15NO3. The zero-order valence-corrected chi connectivity index (χ0v) is 9.36. The van der Waals surface area contributed by atoms with Crippen LogP contribution in [0.3, 0.4) is 0 Å². The van der Waals surface area contributed by atoms with E-state index in [4.69, 9.17) is 5.11 Å². The molecule has 0 aliphatic rings. The lowest BCUT2D eigenvalue weighted by Gasteiger charge is -2.25. The van der Waals surface area contributed by atoms with Gasteiger partial charge in [-0.05, 0) is 12.5 Å². The summed E-state index contributed by atoms with van der Waals surface area (Å²) < 4.78 is 0. The van der Waals surface area contributed by atoms with Crippen molar-refractivity contribution >= 4 is 11.9 Å². The molecule has 0 fully saturated rings. The van der Waals surface area contributed by atoms with Crippen LogP contribution < -0.4 is 5.32 Å². The standard InChI is InChI=1S/C12H15NO3/c1-9(14)13-12(2,11(15)16)8-10-6-4-3-5-7-10/h3-7H,8H2,1-2H3,(H,13,14)(H,15,16). The highest BCUT2D eigenvalue weighted by molar-refractivity contribution is 5.85. The third kappa shape index (κ3) is 3.08. The Balaban J connectivity index is 2.87. The molecule has 4 heteroatoms. The number of amides is 1. The summed E-state index contributed by atoms with van der Waals surface area (Å²) in [6.45, 7) is 2.82. The van der Waals surface area contributed by atoms with Crippen LogP contribution in [0.2, 0.25) is 0 Å². The largest absolute Gasteiger partial charge is 0.480 e. The number of carboxylic acid groups (broad SMARTS) is 1. The Morgan fingerprint density at radius 1 is 1.31 bits per heavy atom. The summed E-state index contributed by atoms with van der Waals surface area (Å²) in [5, 5.41) is 11.6. The van der Waals surface area contributed by atoms with E-state index >= 15 is 0 Å². The molecule has 0 radical (unpaired) electrons. The van der Waals surface area contributed by atoms with Gasteiger partial charge in [-0.2, -0.15) is 0 Å². The Labute approximate surface area is 94.3 Å². The predicted octanol–water partition coefficient (Wildman–Crippen LogP) is 1.21. The molecule has 1 aromatic carbocycles. The minimum atomic E-state index is -1.26. The maximum Gasteiger partial charge on any atom is 0.329 e. The summed E-state index contributed by atoms with van der Waals surface area (Å²) in [6.07, 6.45) is 0.267. The molecule has 0 saturated heterocycles. The van der Waals surface area contributed by atoms with Crippen molar-refractivity contribution in [2.75, 3.05) is 0 Å². The van der Waals surface area contributed by atoms with Crippen molar-refractivity contribution in [3.63, 3.8) is 0 Å². The van der Waals surface area contributed by atoms with Crippen molar-refractivity contribution in [2.24, 2.45) is 0 Å². The van der Waals surface area contributed by atoms with Crippen LogP contribution in [-0.2, 0) is 16.0 Å². The van der Waals surface area contributed by atoms with Gasteiger partial charge >= 0.3 is 5.97 Å². The van der Waals surface area contributed by atoms with Crippen LogP contribution in [0.25, 0.3) is 0 Å². The highest BCUT2D eigenvalue weighted by Crippen LogP contribution is 2.13. The second-order valence-electron chi connectivity index (χ2n) is 3.98. The summed E-state index contributed by atoms with van der Waals surface area (Å²) >= 11 is 0. The van der Waals surface area contributed by atoms with Gasteiger partial charge in [0.1, 0.15) is 5.54 Å². The van der Waals surface area contributed by atoms with Crippen LogP contribution in [0.1, 0.15) is 19.4 Å². The summed E-state index contributed by atoms with van der Waals surface area (Å²) in [4.78, 5) is 22.1. The lowest BCUT2D eigenvalue weighted by molar-refractivity contribution is -0.146. The van der Waals surface area contributed by atoms with Crippen molar-refractivity contribution in [3.8, 4) is 0 Å². The van der Waals surface area contributed by atoms with Gasteiger partial charge in [-0.15, -0.1) is 0 Å².